The van der Waals surface area contributed by atoms with E-state index >= 15 is 0 Å². The van der Waals surface area contributed by atoms with E-state index in [0.717, 1.165) is 16.8 Å². The molecule has 0 aliphatic carbocycles. The highest BCUT2D eigenvalue weighted by molar-refractivity contribution is 7.99. The summed E-state index contributed by atoms with van der Waals surface area (Å²) in [6, 6.07) is 17.4. The zero-order valence-corrected chi connectivity index (χ0v) is 17.7. The summed E-state index contributed by atoms with van der Waals surface area (Å²) >= 11 is 1.70. The lowest BCUT2D eigenvalue weighted by Crippen LogP contribution is -2.12. The Balaban J connectivity index is 2.03. The zero-order valence-electron chi connectivity index (χ0n) is 16.9. The minimum atomic E-state index is -0.570. The van der Waals surface area contributed by atoms with E-state index in [9.17, 15) is 9.59 Å². The summed E-state index contributed by atoms with van der Waals surface area (Å²) in [6.07, 6.45) is 0. The van der Waals surface area contributed by atoms with E-state index in [2.05, 4.69) is 4.57 Å². The second kappa shape index (κ2) is 8.28. The molecule has 3 aromatic rings. The fraction of sp³-hybridized carbons (Fsp3) is 0.217. The van der Waals surface area contributed by atoms with Crippen LogP contribution < -0.4 is 4.74 Å². The van der Waals surface area contributed by atoms with Gasteiger partial charge in [0.2, 0.25) is 0 Å². The van der Waals surface area contributed by atoms with Crippen molar-refractivity contribution in [3.63, 3.8) is 0 Å². The number of carbonyl (C=O) groups excluding carboxylic acids is 2. The average Bonchev–Trinajstić information content (AvgIpc) is 3.36. The van der Waals surface area contributed by atoms with Crippen LogP contribution in [-0.2, 0) is 15.2 Å². The number of esters is 2. The number of methoxy groups -OCH3 is 3. The Morgan fingerprint density at radius 3 is 2.13 bits per heavy atom. The van der Waals surface area contributed by atoms with E-state index in [0.29, 0.717) is 17.2 Å². The van der Waals surface area contributed by atoms with Crippen molar-refractivity contribution in [3.8, 4) is 17.0 Å². The van der Waals surface area contributed by atoms with E-state index < -0.39 is 11.9 Å². The number of carbonyl (C=O) groups is 2. The van der Waals surface area contributed by atoms with Gasteiger partial charge < -0.3 is 18.8 Å². The van der Waals surface area contributed by atoms with Gasteiger partial charge in [-0.1, -0.05) is 30.3 Å². The number of hydrogen-bond acceptors (Lipinski definition) is 6. The Bertz CT molecular complexity index is 1090. The number of hydrogen-bond donors (Lipinski definition) is 0. The number of aromatic nitrogens is 1. The maximum absolute atomic E-state index is 12.8. The molecule has 0 saturated carbocycles. The normalized spacial score (nSPS) is 14.8. The van der Waals surface area contributed by atoms with Crippen LogP contribution in [0.2, 0.25) is 0 Å². The van der Waals surface area contributed by atoms with Gasteiger partial charge in [0.15, 0.2) is 0 Å². The van der Waals surface area contributed by atoms with Crippen LogP contribution in [0, 0.1) is 0 Å². The molecule has 0 unspecified atom stereocenters. The second-order valence-corrected chi connectivity index (χ2v) is 7.77. The number of rotatable bonds is 5. The Hall–Kier alpha value is -3.19. The minimum Gasteiger partial charge on any atom is -0.497 e. The van der Waals surface area contributed by atoms with Crippen LogP contribution in [-0.4, -0.2) is 37.8 Å². The van der Waals surface area contributed by atoms with Crippen LogP contribution in [0.4, 0.5) is 0 Å². The number of fused-ring (bicyclic) bond motifs is 1. The molecule has 0 fully saturated rings. The van der Waals surface area contributed by atoms with E-state index in [4.69, 9.17) is 14.2 Å². The Kier molecular flexibility index (Phi) is 5.55. The highest BCUT2D eigenvalue weighted by atomic mass is 32.2. The second-order valence-electron chi connectivity index (χ2n) is 6.70. The summed E-state index contributed by atoms with van der Waals surface area (Å²) in [4.78, 5) is 25.6. The first-order chi connectivity index (χ1) is 14.6. The highest BCUT2D eigenvalue weighted by Crippen LogP contribution is 2.48. The first-order valence-electron chi connectivity index (χ1n) is 9.35. The summed E-state index contributed by atoms with van der Waals surface area (Å²) in [6.45, 7) is 0. The minimum absolute atomic E-state index is 0.0832. The van der Waals surface area contributed by atoms with Gasteiger partial charge in [0.05, 0.1) is 32.6 Å². The highest BCUT2D eigenvalue weighted by Gasteiger charge is 2.39. The van der Waals surface area contributed by atoms with E-state index in [1.807, 2.05) is 54.6 Å². The maximum Gasteiger partial charge on any atom is 0.340 e. The van der Waals surface area contributed by atoms with Gasteiger partial charge in [-0.15, -0.1) is 11.8 Å². The molecule has 0 N–H and O–H groups in total. The molecule has 0 saturated heterocycles. The molecule has 0 amide bonds. The van der Waals surface area contributed by atoms with Crippen LogP contribution in [0.1, 0.15) is 37.3 Å². The number of thioether (sulfide) groups is 1. The summed E-state index contributed by atoms with van der Waals surface area (Å²) in [5.41, 5.74) is 3.76. The van der Waals surface area contributed by atoms with Crippen LogP contribution in [0.3, 0.4) is 0 Å². The largest absolute Gasteiger partial charge is 0.497 e. The predicted octanol–water partition coefficient (Wildman–Crippen LogP) is 4.53. The fourth-order valence-electron chi connectivity index (χ4n) is 3.79. The van der Waals surface area contributed by atoms with Crippen molar-refractivity contribution in [2.75, 3.05) is 21.3 Å². The van der Waals surface area contributed by atoms with Crippen molar-refractivity contribution in [1.82, 2.24) is 4.57 Å². The summed E-state index contributed by atoms with van der Waals surface area (Å²) in [7, 11) is 4.23. The zero-order chi connectivity index (χ0) is 21.3. The number of benzene rings is 2. The van der Waals surface area contributed by atoms with Crippen LogP contribution in [0.5, 0.6) is 5.75 Å². The summed E-state index contributed by atoms with van der Waals surface area (Å²) in [5.74, 6) is 0.159. The standard InChI is InChI=1S/C23H21NO5S/c1-27-16-11-9-14(10-12-16)20-19(23(26)29-3)18(22(25)28-2)17-13-30-21(24(17)20)15-7-5-4-6-8-15/h4-12,21H,13H2,1-3H3/t21-/m1/s1. The average molecular weight is 423 g/mol. The molecule has 0 bridgehead atoms. The van der Waals surface area contributed by atoms with Crippen LogP contribution in [0.15, 0.2) is 54.6 Å². The van der Waals surface area contributed by atoms with Crippen molar-refractivity contribution >= 4 is 23.7 Å². The lowest BCUT2D eigenvalue weighted by molar-refractivity contribution is 0.0556. The van der Waals surface area contributed by atoms with Crippen molar-refractivity contribution in [1.29, 1.82) is 0 Å². The fourth-order valence-corrected chi connectivity index (χ4v) is 5.12. The van der Waals surface area contributed by atoms with E-state index in [-0.39, 0.29) is 16.5 Å². The van der Waals surface area contributed by atoms with Crippen LogP contribution in [0.25, 0.3) is 11.3 Å². The lowest BCUT2D eigenvalue weighted by Gasteiger charge is -2.18. The molecular weight excluding hydrogens is 402 g/mol. The molecule has 2 heterocycles. The molecule has 2 aromatic carbocycles. The number of ether oxygens (including phenoxy) is 3. The van der Waals surface area contributed by atoms with Gasteiger partial charge in [-0.3, -0.25) is 0 Å². The first-order valence-corrected chi connectivity index (χ1v) is 10.4. The Morgan fingerprint density at radius 1 is 0.900 bits per heavy atom. The van der Waals surface area contributed by atoms with Crippen molar-refractivity contribution < 1.29 is 23.8 Å². The van der Waals surface area contributed by atoms with Gasteiger partial charge >= 0.3 is 11.9 Å². The van der Waals surface area contributed by atoms with Gasteiger partial charge in [-0.2, -0.15) is 0 Å². The Morgan fingerprint density at radius 2 is 1.53 bits per heavy atom. The van der Waals surface area contributed by atoms with Gasteiger partial charge in [0.25, 0.3) is 0 Å². The van der Waals surface area contributed by atoms with E-state index in [1.54, 1.807) is 18.9 Å². The Labute approximate surface area is 178 Å². The SMILES string of the molecule is COC(=O)c1c(C(=O)OC)c(-c2ccc(OC)cc2)n2c1CS[C@@H]2c1ccccc1. The van der Waals surface area contributed by atoms with Crippen LogP contribution >= 0.6 is 11.8 Å². The maximum atomic E-state index is 12.8. The first kappa shape index (κ1) is 20.1. The molecule has 30 heavy (non-hydrogen) atoms. The summed E-state index contributed by atoms with van der Waals surface area (Å²) in [5, 5.41) is -0.0832. The van der Waals surface area contributed by atoms with E-state index in [1.165, 1.54) is 14.2 Å². The number of nitrogens with zero attached hydrogens (tertiary/aromatic N) is 1. The molecule has 4 rings (SSSR count). The molecule has 1 aliphatic rings. The van der Waals surface area contributed by atoms with Crippen molar-refractivity contribution in [3.05, 3.63) is 77.0 Å². The van der Waals surface area contributed by atoms with Gasteiger partial charge in [-0.05, 0) is 35.4 Å². The van der Waals surface area contributed by atoms with Crippen molar-refractivity contribution in [2.24, 2.45) is 0 Å². The third-order valence-corrected chi connectivity index (χ3v) is 6.39. The van der Waals surface area contributed by atoms with Crippen molar-refractivity contribution in [2.45, 2.75) is 11.1 Å². The quantitative estimate of drug-likeness (QED) is 0.562. The summed E-state index contributed by atoms with van der Waals surface area (Å²) < 4.78 is 17.4. The lowest BCUT2D eigenvalue weighted by atomic mass is 10.0. The predicted molar refractivity (Wildman–Crippen MR) is 115 cm³/mol. The third-order valence-electron chi connectivity index (χ3n) is 5.15. The smallest absolute Gasteiger partial charge is 0.340 e. The molecular formula is C23H21NO5S. The molecule has 1 aliphatic heterocycles. The molecule has 1 atom stereocenters. The molecule has 0 spiro atoms. The molecule has 0 radical (unpaired) electrons. The van der Waals surface area contributed by atoms with Gasteiger partial charge in [-0.25, -0.2) is 9.59 Å². The molecule has 7 heteroatoms. The molecule has 6 nitrogen and oxygen atoms in total. The monoisotopic (exact) mass is 423 g/mol. The molecule has 154 valence electrons. The van der Waals surface area contributed by atoms with Gasteiger partial charge in [0.1, 0.15) is 16.7 Å². The topological polar surface area (TPSA) is 66.8 Å². The molecule has 1 aromatic heterocycles. The van der Waals surface area contributed by atoms with Gasteiger partial charge in [0, 0.05) is 11.4 Å². The third kappa shape index (κ3) is 3.25.